The van der Waals surface area contributed by atoms with E-state index in [-0.39, 0.29) is 17.1 Å². The number of benzene rings is 4. The van der Waals surface area contributed by atoms with Crippen LogP contribution in [0.25, 0.3) is 6.08 Å². The van der Waals surface area contributed by atoms with Gasteiger partial charge in [0.25, 0.3) is 11.8 Å². The minimum atomic E-state index is -4.52. The molecule has 42 heavy (non-hydrogen) atoms. The number of alkyl halides is 3. The molecule has 0 atom stereocenters. The smallest absolute Gasteiger partial charge is 0.325 e. The zero-order valence-corrected chi connectivity index (χ0v) is 22.6. The van der Waals surface area contributed by atoms with Gasteiger partial charge in [0.2, 0.25) is 5.91 Å². The van der Waals surface area contributed by atoms with Crippen LogP contribution < -0.4 is 16.0 Å². The number of amides is 3. The Balaban J connectivity index is 1.38. The monoisotopic (exact) mass is 593 g/mol. The normalized spacial score (nSPS) is 11.5. The van der Waals surface area contributed by atoms with Gasteiger partial charge >= 0.3 is 6.18 Å². The molecule has 4 aromatic carbocycles. The van der Waals surface area contributed by atoms with Crippen LogP contribution >= 0.6 is 11.8 Å². The minimum absolute atomic E-state index is 0.0392. The average Bonchev–Trinajstić information content (AvgIpc) is 2.97. The zero-order valence-electron chi connectivity index (χ0n) is 21.7. The van der Waals surface area contributed by atoms with Crippen molar-refractivity contribution in [2.45, 2.75) is 11.1 Å². The summed E-state index contributed by atoms with van der Waals surface area (Å²) in [7, 11) is 0. The number of hydrogen-bond acceptors (Lipinski definition) is 4. The van der Waals surface area contributed by atoms with Gasteiger partial charge in [-0.15, -0.1) is 11.8 Å². The van der Waals surface area contributed by atoms with Crippen molar-refractivity contribution in [3.63, 3.8) is 0 Å². The topological polar surface area (TPSA) is 87.3 Å². The van der Waals surface area contributed by atoms with E-state index in [9.17, 15) is 31.9 Å². The molecule has 11 heteroatoms. The third-order valence-electron chi connectivity index (χ3n) is 5.67. The molecule has 3 amide bonds. The molecule has 0 aliphatic rings. The molecule has 0 aromatic heterocycles. The second-order valence-corrected chi connectivity index (χ2v) is 9.87. The van der Waals surface area contributed by atoms with Crippen LogP contribution in [-0.4, -0.2) is 23.5 Å². The third-order valence-corrected chi connectivity index (χ3v) is 6.68. The summed E-state index contributed by atoms with van der Waals surface area (Å²) in [5.74, 6) is -2.12. The number of hydrogen-bond donors (Lipinski definition) is 3. The predicted molar refractivity (Wildman–Crippen MR) is 154 cm³/mol. The van der Waals surface area contributed by atoms with Gasteiger partial charge in [-0.05, 0) is 78.4 Å². The van der Waals surface area contributed by atoms with Crippen LogP contribution in [0.1, 0.15) is 21.5 Å². The molecular weight excluding hydrogens is 570 g/mol. The van der Waals surface area contributed by atoms with E-state index in [0.29, 0.717) is 21.7 Å². The van der Waals surface area contributed by atoms with Gasteiger partial charge in [-0.2, -0.15) is 13.2 Å². The summed E-state index contributed by atoms with van der Waals surface area (Å²) >= 11 is 1.15. The predicted octanol–water partition coefficient (Wildman–Crippen LogP) is 6.98. The Morgan fingerprint density at radius 1 is 0.762 bits per heavy atom. The third kappa shape index (κ3) is 8.80. The Labute approximate surface area is 242 Å². The molecule has 4 aromatic rings. The van der Waals surface area contributed by atoms with E-state index in [1.807, 2.05) is 0 Å². The van der Waals surface area contributed by atoms with Crippen molar-refractivity contribution in [2.75, 3.05) is 16.4 Å². The van der Waals surface area contributed by atoms with Crippen LogP contribution in [0.15, 0.2) is 114 Å². The van der Waals surface area contributed by atoms with Crippen LogP contribution in [0.4, 0.5) is 28.9 Å². The highest BCUT2D eigenvalue weighted by molar-refractivity contribution is 8.00. The Kier molecular flexibility index (Phi) is 9.77. The maximum absolute atomic E-state index is 13.4. The summed E-state index contributed by atoms with van der Waals surface area (Å²) < 4.78 is 52.0. The molecule has 0 saturated heterocycles. The number of thioether (sulfide) groups is 1. The van der Waals surface area contributed by atoms with E-state index < -0.39 is 35.3 Å². The van der Waals surface area contributed by atoms with Crippen LogP contribution in [0.2, 0.25) is 0 Å². The number of anilines is 2. The van der Waals surface area contributed by atoms with E-state index in [1.165, 1.54) is 42.5 Å². The Hall–Kier alpha value is -4.90. The highest BCUT2D eigenvalue weighted by atomic mass is 32.2. The van der Waals surface area contributed by atoms with Crippen molar-refractivity contribution in [3.05, 3.63) is 131 Å². The Morgan fingerprint density at radius 2 is 1.45 bits per heavy atom. The van der Waals surface area contributed by atoms with E-state index in [1.54, 1.807) is 54.6 Å². The lowest BCUT2D eigenvalue weighted by Crippen LogP contribution is -2.30. The first kappa shape index (κ1) is 30.1. The second kappa shape index (κ2) is 13.6. The molecule has 0 aliphatic carbocycles. The summed E-state index contributed by atoms with van der Waals surface area (Å²) in [4.78, 5) is 38.8. The van der Waals surface area contributed by atoms with E-state index >= 15 is 0 Å². The first-order valence-electron chi connectivity index (χ1n) is 12.4. The quantitative estimate of drug-likeness (QED) is 0.111. The van der Waals surface area contributed by atoms with Crippen LogP contribution in [0, 0.1) is 5.82 Å². The molecule has 3 N–H and O–H groups in total. The molecule has 0 fully saturated rings. The molecule has 0 bridgehead atoms. The zero-order chi connectivity index (χ0) is 30.1. The van der Waals surface area contributed by atoms with Crippen LogP contribution in [0.5, 0.6) is 0 Å². The lowest BCUT2D eigenvalue weighted by atomic mass is 10.1. The Morgan fingerprint density at radius 3 is 2.12 bits per heavy atom. The molecule has 4 rings (SSSR count). The van der Waals surface area contributed by atoms with Gasteiger partial charge in [-0.1, -0.05) is 36.4 Å². The fraction of sp³-hybridized carbons (Fsp3) is 0.0645. The number of carbonyl (C=O) groups is 3. The fourth-order valence-electron chi connectivity index (χ4n) is 3.62. The maximum Gasteiger partial charge on any atom is 0.416 e. The SMILES string of the molecule is O=C(CSc1ccc(NC(=O)/C(=C/c2ccc(F)cc2)NC(=O)c2ccccc2)cc1)Nc1cccc(C(F)(F)F)c1. The molecular formula is C31H23F4N3O3S. The highest BCUT2D eigenvalue weighted by Gasteiger charge is 2.30. The van der Waals surface area contributed by atoms with Gasteiger partial charge in [0, 0.05) is 21.8 Å². The number of rotatable bonds is 9. The van der Waals surface area contributed by atoms with Crippen molar-refractivity contribution >= 4 is 46.9 Å². The van der Waals surface area contributed by atoms with Crippen molar-refractivity contribution in [2.24, 2.45) is 0 Å². The number of nitrogens with one attached hydrogen (secondary N) is 3. The van der Waals surface area contributed by atoms with Gasteiger partial charge < -0.3 is 16.0 Å². The second-order valence-electron chi connectivity index (χ2n) is 8.82. The summed E-state index contributed by atoms with van der Waals surface area (Å²) in [5, 5.41) is 7.74. The van der Waals surface area contributed by atoms with E-state index in [4.69, 9.17) is 0 Å². The summed E-state index contributed by atoms with van der Waals surface area (Å²) in [5.41, 5.74) is 0.342. The molecule has 0 radical (unpaired) electrons. The molecule has 0 heterocycles. The van der Waals surface area contributed by atoms with Crippen molar-refractivity contribution in [1.82, 2.24) is 5.32 Å². The average molecular weight is 594 g/mol. The summed E-state index contributed by atoms with van der Waals surface area (Å²) in [6.45, 7) is 0. The molecule has 6 nitrogen and oxygen atoms in total. The summed E-state index contributed by atoms with van der Waals surface area (Å²) in [6.07, 6.45) is -3.10. The largest absolute Gasteiger partial charge is 0.416 e. The maximum atomic E-state index is 13.4. The lowest BCUT2D eigenvalue weighted by molar-refractivity contribution is -0.137. The minimum Gasteiger partial charge on any atom is -0.325 e. The molecule has 0 spiro atoms. The Bertz CT molecular complexity index is 1590. The molecule has 0 aliphatic heterocycles. The highest BCUT2D eigenvalue weighted by Crippen LogP contribution is 2.30. The van der Waals surface area contributed by atoms with Gasteiger partial charge in [-0.3, -0.25) is 14.4 Å². The first-order valence-corrected chi connectivity index (χ1v) is 13.4. The van der Waals surface area contributed by atoms with Crippen LogP contribution in [-0.2, 0) is 15.8 Å². The van der Waals surface area contributed by atoms with Gasteiger partial charge in [-0.25, -0.2) is 4.39 Å². The molecule has 0 unspecified atom stereocenters. The number of halogens is 4. The van der Waals surface area contributed by atoms with E-state index in [0.717, 1.165) is 23.9 Å². The van der Waals surface area contributed by atoms with Crippen molar-refractivity contribution in [1.29, 1.82) is 0 Å². The van der Waals surface area contributed by atoms with E-state index in [2.05, 4.69) is 16.0 Å². The van der Waals surface area contributed by atoms with Crippen molar-refractivity contribution in [3.8, 4) is 0 Å². The lowest BCUT2D eigenvalue weighted by Gasteiger charge is -2.12. The molecule has 214 valence electrons. The summed E-state index contributed by atoms with van der Waals surface area (Å²) in [6, 6.07) is 24.6. The first-order chi connectivity index (χ1) is 20.1. The fourth-order valence-corrected chi connectivity index (χ4v) is 4.32. The number of carbonyl (C=O) groups excluding carboxylic acids is 3. The van der Waals surface area contributed by atoms with Crippen molar-refractivity contribution < 1.29 is 31.9 Å². The van der Waals surface area contributed by atoms with Gasteiger partial charge in [0.05, 0.1) is 11.3 Å². The van der Waals surface area contributed by atoms with Gasteiger partial charge in [0.1, 0.15) is 11.5 Å². The molecule has 0 saturated carbocycles. The van der Waals surface area contributed by atoms with Gasteiger partial charge in [0.15, 0.2) is 0 Å². The van der Waals surface area contributed by atoms with Crippen LogP contribution in [0.3, 0.4) is 0 Å². The standard InChI is InChI=1S/C31H23F4N3O3S/c32-23-11-9-20(10-12-23)17-27(38-29(40)21-5-2-1-3-6-21)30(41)37-24-13-15-26(16-14-24)42-19-28(39)36-25-8-4-7-22(18-25)31(33,34)35/h1-18H,19H2,(H,36,39)(H,37,41)(H,38,40)/b27-17-.